The Hall–Kier alpha value is -3.59. The van der Waals surface area contributed by atoms with Gasteiger partial charge in [0.25, 0.3) is 11.5 Å². The lowest BCUT2D eigenvalue weighted by Gasteiger charge is -2.02. The smallest absolute Gasteiger partial charge is 0.278 e. The molecule has 0 spiro atoms. The van der Waals surface area contributed by atoms with E-state index in [2.05, 4.69) is 30.7 Å². The summed E-state index contributed by atoms with van der Waals surface area (Å²) in [6.07, 6.45) is 3.80. The van der Waals surface area contributed by atoms with E-state index in [1.807, 2.05) is 0 Å². The van der Waals surface area contributed by atoms with Crippen molar-refractivity contribution in [3.63, 3.8) is 0 Å². The number of amides is 1. The number of nitrogens with one attached hydrogen (secondary N) is 2. The second-order valence-corrected chi connectivity index (χ2v) is 5.37. The molecule has 0 unspecified atom stereocenters. The molecule has 1 aromatic carbocycles. The Labute approximate surface area is 151 Å². The van der Waals surface area contributed by atoms with Gasteiger partial charge in [-0.3, -0.25) is 9.59 Å². The summed E-state index contributed by atoms with van der Waals surface area (Å²) in [5.41, 5.74) is 1.97. The third kappa shape index (κ3) is 3.73. The number of carbonyl (C=O) groups excluding carboxylic acids is 1. The first-order valence-electron chi connectivity index (χ1n) is 7.24. The Bertz CT molecular complexity index is 1040. The minimum Gasteiger partial charge on any atom is -0.506 e. The fourth-order valence-corrected chi connectivity index (χ4v) is 2.15. The number of para-hydroxylation sites is 1. The Kier molecular flexibility index (Phi) is 4.99. The molecular weight excluding hydrogens is 360 g/mol. The van der Waals surface area contributed by atoms with Gasteiger partial charge in [-0.2, -0.15) is 10.2 Å². The fourth-order valence-electron chi connectivity index (χ4n) is 1.97. The van der Waals surface area contributed by atoms with Crippen LogP contribution in [0.4, 0.5) is 0 Å². The van der Waals surface area contributed by atoms with Crippen molar-refractivity contribution in [2.45, 2.75) is 0 Å². The van der Waals surface area contributed by atoms with Gasteiger partial charge in [0.2, 0.25) is 0 Å². The van der Waals surface area contributed by atoms with Gasteiger partial charge in [0.15, 0.2) is 5.82 Å². The first-order chi connectivity index (χ1) is 12.6. The molecule has 0 bridgehead atoms. The molecule has 3 rings (SSSR count). The molecular formula is C16H11ClN6O3. The molecule has 0 atom stereocenters. The summed E-state index contributed by atoms with van der Waals surface area (Å²) in [6, 6.07) is 7.94. The summed E-state index contributed by atoms with van der Waals surface area (Å²) in [6.45, 7) is 0. The Morgan fingerprint density at radius 2 is 2.15 bits per heavy atom. The minimum absolute atomic E-state index is 0.153. The topological polar surface area (TPSA) is 133 Å². The van der Waals surface area contributed by atoms with Crippen LogP contribution in [-0.4, -0.2) is 37.4 Å². The van der Waals surface area contributed by atoms with Gasteiger partial charge in [0.05, 0.1) is 11.2 Å². The standard InChI is InChI=1S/C16H11ClN6O3/c17-11-4-1-3-9(13(11)24)7-20-23-16(26)10-8-18-14(21-15(10)25)12-5-2-6-19-22-12/h1-8,24H,(H,23,26)(H,18,21,25). The maximum Gasteiger partial charge on any atom is 0.278 e. The third-order valence-corrected chi connectivity index (χ3v) is 3.55. The molecule has 1 amide bonds. The molecule has 0 aliphatic heterocycles. The van der Waals surface area contributed by atoms with Gasteiger partial charge in [-0.1, -0.05) is 17.7 Å². The highest BCUT2D eigenvalue weighted by atomic mass is 35.5. The average molecular weight is 371 g/mol. The van der Waals surface area contributed by atoms with E-state index in [0.29, 0.717) is 11.3 Å². The van der Waals surface area contributed by atoms with Gasteiger partial charge in [0.1, 0.15) is 17.0 Å². The van der Waals surface area contributed by atoms with E-state index in [9.17, 15) is 14.7 Å². The van der Waals surface area contributed by atoms with Gasteiger partial charge < -0.3 is 10.1 Å². The number of hydrogen-bond donors (Lipinski definition) is 3. The Balaban J connectivity index is 1.75. The zero-order valence-electron chi connectivity index (χ0n) is 13.0. The van der Waals surface area contributed by atoms with Crippen LogP contribution in [-0.2, 0) is 0 Å². The van der Waals surface area contributed by atoms with Crippen LogP contribution in [0, 0.1) is 0 Å². The fraction of sp³-hybridized carbons (Fsp3) is 0. The van der Waals surface area contributed by atoms with Gasteiger partial charge >= 0.3 is 0 Å². The number of rotatable bonds is 4. The predicted octanol–water partition coefficient (Wildman–Crippen LogP) is 1.35. The number of nitrogens with zero attached hydrogens (tertiary/aromatic N) is 4. The van der Waals surface area contributed by atoms with Crippen LogP contribution in [0.15, 0.2) is 52.6 Å². The SMILES string of the molecule is O=C(NN=Cc1cccc(Cl)c1O)c1cnc(-c2cccnn2)[nH]c1=O. The van der Waals surface area contributed by atoms with Crippen molar-refractivity contribution in [3.8, 4) is 17.3 Å². The van der Waals surface area contributed by atoms with Crippen molar-refractivity contribution in [1.82, 2.24) is 25.6 Å². The number of carbonyl (C=O) groups is 1. The number of hydrazone groups is 1. The van der Waals surface area contributed by atoms with Crippen LogP contribution in [0.25, 0.3) is 11.5 Å². The van der Waals surface area contributed by atoms with E-state index in [1.165, 1.54) is 18.5 Å². The van der Waals surface area contributed by atoms with Gasteiger partial charge in [-0.25, -0.2) is 10.4 Å². The lowest BCUT2D eigenvalue weighted by Crippen LogP contribution is -2.27. The predicted molar refractivity (Wildman–Crippen MR) is 94.1 cm³/mol. The summed E-state index contributed by atoms with van der Waals surface area (Å²) in [5.74, 6) is -0.741. The van der Waals surface area contributed by atoms with Crippen molar-refractivity contribution >= 4 is 23.7 Å². The molecule has 0 aliphatic carbocycles. The van der Waals surface area contributed by atoms with E-state index in [4.69, 9.17) is 11.6 Å². The number of phenolic OH excluding ortho intramolecular Hbond substituents is 1. The van der Waals surface area contributed by atoms with Crippen LogP contribution >= 0.6 is 11.6 Å². The maximum atomic E-state index is 12.1. The van der Waals surface area contributed by atoms with Gasteiger partial charge in [-0.15, -0.1) is 5.10 Å². The normalized spacial score (nSPS) is 10.8. The number of aromatic hydroxyl groups is 1. The van der Waals surface area contributed by atoms with Crippen molar-refractivity contribution < 1.29 is 9.90 Å². The summed E-state index contributed by atoms with van der Waals surface area (Å²) in [7, 11) is 0. The molecule has 9 nitrogen and oxygen atoms in total. The molecule has 0 radical (unpaired) electrons. The molecule has 130 valence electrons. The molecule has 3 N–H and O–H groups in total. The maximum absolute atomic E-state index is 12.1. The van der Waals surface area contributed by atoms with Gasteiger partial charge in [-0.05, 0) is 24.3 Å². The number of aromatic nitrogens is 4. The summed E-state index contributed by atoms with van der Waals surface area (Å²) in [4.78, 5) is 30.6. The lowest BCUT2D eigenvalue weighted by atomic mass is 10.2. The van der Waals surface area contributed by atoms with E-state index >= 15 is 0 Å². The van der Waals surface area contributed by atoms with E-state index < -0.39 is 11.5 Å². The van der Waals surface area contributed by atoms with E-state index in [1.54, 1.807) is 24.3 Å². The van der Waals surface area contributed by atoms with Crippen molar-refractivity contribution in [1.29, 1.82) is 0 Å². The number of hydrogen-bond acceptors (Lipinski definition) is 7. The number of aromatic amines is 1. The zero-order chi connectivity index (χ0) is 18.5. The van der Waals surface area contributed by atoms with Crippen molar-refractivity contribution in [2.75, 3.05) is 0 Å². The number of halogens is 1. The second kappa shape index (κ2) is 7.53. The van der Waals surface area contributed by atoms with Crippen LogP contribution in [0.3, 0.4) is 0 Å². The summed E-state index contributed by atoms with van der Waals surface area (Å²) < 4.78 is 0. The number of H-pyrrole nitrogens is 1. The molecule has 0 fully saturated rings. The molecule has 2 heterocycles. The molecule has 10 heteroatoms. The van der Waals surface area contributed by atoms with E-state index in [-0.39, 0.29) is 22.2 Å². The van der Waals surface area contributed by atoms with E-state index in [0.717, 1.165) is 6.20 Å². The third-order valence-electron chi connectivity index (χ3n) is 3.25. The molecule has 26 heavy (non-hydrogen) atoms. The number of phenols is 1. The largest absolute Gasteiger partial charge is 0.506 e. The zero-order valence-corrected chi connectivity index (χ0v) is 13.8. The monoisotopic (exact) mass is 370 g/mol. The van der Waals surface area contributed by atoms with Crippen molar-refractivity contribution in [2.24, 2.45) is 5.10 Å². The number of benzene rings is 1. The highest BCUT2D eigenvalue weighted by Gasteiger charge is 2.12. The minimum atomic E-state index is -0.762. The quantitative estimate of drug-likeness (QED) is 0.469. The molecule has 3 aromatic rings. The molecule has 0 saturated carbocycles. The average Bonchev–Trinajstić information content (AvgIpc) is 2.65. The molecule has 0 saturated heterocycles. The first-order valence-corrected chi connectivity index (χ1v) is 7.62. The van der Waals surface area contributed by atoms with Crippen LogP contribution in [0.1, 0.15) is 15.9 Å². The molecule has 2 aromatic heterocycles. The second-order valence-electron chi connectivity index (χ2n) is 4.96. The van der Waals surface area contributed by atoms with Crippen LogP contribution in [0.2, 0.25) is 5.02 Å². The summed E-state index contributed by atoms with van der Waals surface area (Å²) >= 11 is 5.78. The Morgan fingerprint density at radius 3 is 2.88 bits per heavy atom. The van der Waals surface area contributed by atoms with Crippen LogP contribution in [0.5, 0.6) is 5.75 Å². The molecule has 0 aliphatic rings. The summed E-state index contributed by atoms with van der Waals surface area (Å²) in [5, 5.41) is 21.1. The first kappa shape index (κ1) is 17.2. The van der Waals surface area contributed by atoms with Crippen LogP contribution < -0.4 is 11.0 Å². The highest BCUT2D eigenvalue weighted by Crippen LogP contribution is 2.25. The highest BCUT2D eigenvalue weighted by molar-refractivity contribution is 6.32. The Morgan fingerprint density at radius 1 is 1.31 bits per heavy atom. The van der Waals surface area contributed by atoms with Crippen molar-refractivity contribution in [3.05, 3.63) is 69.2 Å². The van der Waals surface area contributed by atoms with Gasteiger partial charge in [0, 0.05) is 18.0 Å². The lowest BCUT2D eigenvalue weighted by molar-refractivity contribution is 0.0953.